The average Bonchev–Trinajstić information content (AvgIpc) is 3.28. The number of ether oxygens (including phenoxy) is 1. The molecule has 190 valence electrons. The zero-order valence-electron chi connectivity index (χ0n) is 21.0. The van der Waals surface area contributed by atoms with Crippen LogP contribution in [0.2, 0.25) is 0 Å². The summed E-state index contributed by atoms with van der Waals surface area (Å²) < 4.78 is 7.13. The Kier molecular flexibility index (Phi) is 6.29. The van der Waals surface area contributed by atoms with E-state index < -0.39 is 0 Å². The Morgan fingerprint density at radius 1 is 1.22 bits per heavy atom. The smallest absolute Gasteiger partial charge is 0.245 e. The van der Waals surface area contributed by atoms with Gasteiger partial charge in [0.05, 0.1) is 13.3 Å². The highest BCUT2D eigenvalue weighted by Crippen LogP contribution is 2.41. The molecule has 0 aliphatic carbocycles. The normalized spacial score (nSPS) is 17.6. The van der Waals surface area contributed by atoms with Crippen molar-refractivity contribution in [3.05, 3.63) is 55.0 Å². The van der Waals surface area contributed by atoms with Gasteiger partial charge in [-0.05, 0) is 30.2 Å². The minimum atomic E-state index is 0.0631. The summed E-state index contributed by atoms with van der Waals surface area (Å²) >= 11 is 0. The fourth-order valence-corrected chi connectivity index (χ4v) is 5.25. The maximum atomic E-state index is 10.8. The molecule has 3 saturated heterocycles. The highest BCUT2D eigenvalue weighted by atomic mass is 16.5. The van der Waals surface area contributed by atoms with Gasteiger partial charge in [0.15, 0.2) is 0 Å². The Bertz CT molecular complexity index is 1370. The molecule has 3 aromatic heterocycles. The second-order valence-corrected chi connectivity index (χ2v) is 10.1. The number of hydrogen-bond donors (Lipinski definition) is 0. The van der Waals surface area contributed by atoms with Crippen LogP contribution in [0, 0.1) is 22.7 Å². The lowest BCUT2D eigenvalue weighted by atomic mass is 9.73. The first-order chi connectivity index (χ1) is 17.9. The minimum Gasteiger partial charge on any atom is -0.494 e. The van der Waals surface area contributed by atoms with Crippen LogP contribution in [0.15, 0.2) is 49.4 Å². The van der Waals surface area contributed by atoms with E-state index in [0.717, 1.165) is 62.6 Å². The number of methoxy groups -OCH3 is 1. The number of hydrogen-bond acceptors (Lipinski definition) is 7. The monoisotopic (exact) mass is 499 g/mol. The Labute approximate surface area is 215 Å². The van der Waals surface area contributed by atoms with Crippen molar-refractivity contribution in [2.75, 3.05) is 51.3 Å². The summed E-state index contributed by atoms with van der Waals surface area (Å²) in [6.45, 7) is 10.9. The van der Waals surface area contributed by atoms with Crippen molar-refractivity contribution in [1.29, 1.82) is 5.26 Å². The number of nitrogens with zero attached hydrogens (tertiary/aromatic N) is 7. The van der Waals surface area contributed by atoms with Crippen LogP contribution in [0.25, 0.3) is 16.6 Å². The molecule has 3 fully saturated rings. The van der Waals surface area contributed by atoms with Crippen LogP contribution >= 0.6 is 0 Å². The van der Waals surface area contributed by atoms with Gasteiger partial charge in [0.1, 0.15) is 28.7 Å². The predicted octanol–water partition coefficient (Wildman–Crippen LogP) is 2.21. The van der Waals surface area contributed by atoms with Crippen molar-refractivity contribution < 1.29 is 14.3 Å². The molecule has 0 bridgehead atoms. The Hall–Kier alpha value is -4.39. The second kappa shape index (κ2) is 9.58. The number of likely N-dealkylation sites (tertiary alicyclic amines) is 2. The summed E-state index contributed by atoms with van der Waals surface area (Å²) in [5, 5.41) is 13.5. The Morgan fingerprint density at radius 3 is 2.54 bits per heavy atom. The fourth-order valence-electron chi connectivity index (χ4n) is 5.25. The van der Waals surface area contributed by atoms with Gasteiger partial charge in [0, 0.05) is 68.2 Å². The van der Waals surface area contributed by atoms with Crippen LogP contribution < -0.4 is 9.64 Å². The van der Waals surface area contributed by atoms with Crippen molar-refractivity contribution in [3.8, 4) is 22.9 Å². The summed E-state index contributed by atoms with van der Waals surface area (Å²) in [5.41, 5.74) is 3.26. The molecule has 1 spiro atoms. The number of carbonyl (C=O) groups excluding carboxylic acids is 2. The Morgan fingerprint density at radius 2 is 1.97 bits per heavy atom. The third-order valence-electron chi connectivity index (χ3n) is 7.15. The maximum Gasteiger partial charge on any atom is 0.245 e. The van der Waals surface area contributed by atoms with Gasteiger partial charge in [0.2, 0.25) is 12.3 Å². The van der Waals surface area contributed by atoms with Gasteiger partial charge < -0.3 is 19.4 Å². The first-order valence-electron chi connectivity index (χ1n) is 12.2. The predicted molar refractivity (Wildman–Crippen MR) is 138 cm³/mol. The van der Waals surface area contributed by atoms with E-state index in [2.05, 4.69) is 34.6 Å². The van der Waals surface area contributed by atoms with Crippen LogP contribution in [0.3, 0.4) is 0 Å². The van der Waals surface area contributed by atoms with Gasteiger partial charge in [-0.15, -0.1) is 0 Å². The molecule has 6 heterocycles. The topological polar surface area (TPSA) is 107 Å². The van der Waals surface area contributed by atoms with Crippen LogP contribution in [-0.4, -0.2) is 83.1 Å². The lowest BCUT2D eigenvalue weighted by Gasteiger charge is -2.59. The van der Waals surface area contributed by atoms with E-state index in [-0.39, 0.29) is 11.3 Å². The van der Waals surface area contributed by atoms with E-state index in [0.29, 0.717) is 22.7 Å². The van der Waals surface area contributed by atoms with Gasteiger partial charge in [-0.3, -0.25) is 9.59 Å². The summed E-state index contributed by atoms with van der Waals surface area (Å²) in [6, 6.07) is 8.08. The van der Waals surface area contributed by atoms with E-state index in [1.807, 2.05) is 35.5 Å². The highest BCUT2D eigenvalue weighted by molar-refractivity contribution is 5.87. The molecule has 3 aliphatic rings. The zero-order valence-corrected chi connectivity index (χ0v) is 21.0. The molecular formula is C27H29N7O3. The molecule has 0 saturated carbocycles. The maximum absolute atomic E-state index is 10.8. The largest absolute Gasteiger partial charge is 0.494 e. The van der Waals surface area contributed by atoms with Crippen LogP contribution in [0.5, 0.6) is 5.75 Å². The van der Waals surface area contributed by atoms with Gasteiger partial charge in [-0.25, -0.2) is 9.50 Å². The van der Waals surface area contributed by atoms with Crippen LogP contribution in [0.1, 0.15) is 12.5 Å². The van der Waals surface area contributed by atoms with Gasteiger partial charge >= 0.3 is 0 Å². The molecule has 6 rings (SSSR count). The first kappa shape index (κ1) is 24.3. The molecule has 0 radical (unpaired) electrons. The number of carbonyl (C=O) groups is 2. The first-order valence-corrected chi connectivity index (χ1v) is 12.2. The SMILES string of the molecule is C=CC(=O)N1CC(C)C1.COc1cc(-c2ccc(N3CC4(CN(C=O)C4)C3)nc2)cn2ncc(C#N)c12. The van der Waals surface area contributed by atoms with Crippen LogP contribution in [0.4, 0.5) is 5.82 Å². The molecule has 0 aromatic carbocycles. The van der Waals surface area contributed by atoms with Gasteiger partial charge in [0.25, 0.3) is 0 Å². The number of fused-ring (bicyclic) bond motifs is 1. The average molecular weight is 500 g/mol. The standard InChI is InChI=1S/C20H18N6O2.C7H11NO/c1-28-17-4-15(8-26-19(17)16(5-21)7-23-26)14-2-3-18(22-6-14)25-11-20(12-25)9-24(10-20)13-27;1-3-7(9)8-4-6(2)5-8/h2-4,6-8,13H,9-12H2,1H3;3,6H,1,4-5H2,2H3. The number of pyridine rings is 2. The number of nitriles is 1. The van der Waals surface area contributed by atoms with Gasteiger partial charge in [-0.1, -0.05) is 13.5 Å². The molecule has 37 heavy (non-hydrogen) atoms. The van der Waals surface area contributed by atoms with E-state index in [1.165, 1.54) is 12.3 Å². The number of rotatable bonds is 5. The molecule has 2 amide bonds. The fraction of sp³-hybridized carbons (Fsp3) is 0.370. The third kappa shape index (κ3) is 4.48. The zero-order chi connectivity index (χ0) is 26.2. The molecule has 0 N–H and O–H groups in total. The second-order valence-electron chi connectivity index (χ2n) is 10.1. The summed E-state index contributed by atoms with van der Waals surface area (Å²) in [5.74, 6) is 2.30. The molecule has 10 nitrogen and oxygen atoms in total. The van der Waals surface area contributed by atoms with Crippen molar-refractivity contribution in [2.45, 2.75) is 6.92 Å². The molecule has 10 heteroatoms. The molecule has 0 unspecified atom stereocenters. The lowest BCUT2D eigenvalue weighted by molar-refractivity contribution is -0.132. The van der Waals surface area contributed by atoms with Crippen molar-refractivity contribution in [1.82, 2.24) is 24.4 Å². The number of aromatic nitrogens is 3. The quantitative estimate of drug-likeness (QED) is 0.391. The van der Waals surface area contributed by atoms with Crippen molar-refractivity contribution in [2.24, 2.45) is 11.3 Å². The number of amides is 2. The highest BCUT2D eigenvalue weighted by Gasteiger charge is 2.51. The third-order valence-corrected chi connectivity index (χ3v) is 7.15. The molecule has 0 atom stereocenters. The summed E-state index contributed by atoms with van der Waals surface area (Å²) in [7, 11) is 1.58. The van der Waals surface area contributed by atoms with E-state index in [9.17, 15) is 14.9 Å². The Balaban J connectivity index is 0.000000265. The van der Waals surface area contributed by atoms with Gasteiger partial charge in [-0.2, -0.15) is 10.4 Å². The van der Waals surface area contributed by atoms with E-state index in [1.54, 1.807) is 16.5 Å². The van der Waals surface area contributed by atoms with E-state index in [4.69, 9.17) is 4.74 Å². The van der Waals surface area contributed by atoms with E-state index >= 15 is 0 Å². The minimum absolute atomic E-state index is 0.0631. The molecular weight excluding hydrogens is 470 g/mol. The number of anilines is 1. The molecule has 3 aliphatic heterocycles. The molecule has 3 aromatic rings. The van der Waals surface area contributed by atoms with Crippen molar-refractivity contribution >= 4 is 23.7 Å². The lowest BCUT2D eigenvalue weighted by Crippen LogP contribution is -2.72. The van der Waals surface area contributed by atoms with Crippen LogP contribution in [-0.2, 0) is 9.59 Å². The summed E-state index contributed by atoms with van der Waals surface area (Å²) in [4.78, 5) is 32.0. The van der Waals surface area contributed by atoms with Crippen molar-refractivity contribution in [3.63, 3.8) is 0 Å². The summed E-state index contributed by atoms with van der Waals surface area (Å²) in [6.07, 6.45) is 7.54.